The molecule has 0 aliphatic carbocycles. The van der Waals surface area contributed by atoms with E-state index in [0.717, 1.165) is 6.42 Å². The molecular weight excluding hydrogens is 772 g/mol. The molecule has 59 heavy (non-hydrogen) atoms. The fraction of sp³-hybridized carbons (Fsp3) is 0.769. The molecule has 1 aliphatic rings. The number of aliphatic hydroxyl groups is 1. The molecule has 0 aromatic rings. The van der Waals surface area contributed by atoms with Gasteiger partial charge in [0.25, 0.3) is 0 Å². The zero-order valence-electron chi connectivity index (χ0n) is 36.0. The van der Waals surface area contributed by atoms with Gasteiger partial charge in [-0.25, -0.2) is 4.79 Å². The van der Waals surface area contributed by atoms with Crippen LogP contribution in [0.15, 0.2) is 0 Å². The van der Waals surface area contributed by atoms with Gasteiger partial charge in [-0.15, -0.1) is 0 Å². The minimum absolute atomic E-state index is 0.0492. The molecule has 0 spiro atoms. The lowest BCUT2D eigenvalue weighted by Crippen LogP contribution is -2.62. The largest absolute Gasteiger partial charge is 0.481 e. The molecule has 7 amide bonds. The molecule has 0 unspecified atom stereocenters. The van der Waals surface area contributed by atoms with Gasteiger partial charge in [-0.05, 0) is 76.2 Å². The number of aliphatic carboxylic acids is 2. The summed E-state index contributed by atoms with van der Waals surface area (Å²) in [7, 11) is 0. The second-order valence-electron chi connectivity index (χ2n) is 16.8. The highest BCUT2D eigenvalue weighted by atomic mass is 16.4. The maximum Gasteiger partial charge on any atom is 0.326 e. The molecule has 336 valence electrons. The van der Waals surface area contributed by atoms with E-state index in [1.807, 2.05) is 27.7 Å². The number of rotatable bonds is 25. The van der Waals surface area contributed by atoms with Gasteiger partial charge >= 0.3 is 11.9 Å². The van der Waals surface area contributed by atoms with Gasteiger partial charge < -0.3 is 57.9 Å². The lowest BCUT2D eigenvalue weighted by atomic mass is 9.97. The topological polar surface area (TPSA) is 311 Å². The third kappa shape index (κ3) is 18.3. The standard InChI is InChI=1S/C39H68N8O12/c1-18(2)16-26(43-32(51)22(9)41-33(52)24-12-11-15-40-24)34(53)44-27(17-19(3)4)35(54)45-29(20(5)6)36(55)46-30(21(7)8)37(56)47-31(23(10)48)38(57)42-25(39(58)59)13-14-28(49)50/h18-27,29-31,40,48H,11-17H2,1-10H3,(H,41,52)(H,42,57)(H,43,51)(H,44,53)(H,45,54)(H,46,55)(H,47,56)(H,49,50)(H,58,59)/t22-,23+,24-,25-,26-,27-,29-,30-,31-/m0/s1. The molecule has 20 heteroatoms. The number of carboxylic acids is 2. The highest BCUT2D eigenvalue weighted by Crippen LogP contribution is 2.13. The summed E-state index contributed by atoms with van der Waals surface area (Å²) in [5.74, 6) is -9.13. The molecule has 0 radical (unpaired) electrons. The normalized spacial score (nSPS) is 18.1. The van der Waals surface area contributed by atoms with Crippen LogP contribution in [0.5, 0.6) is 0 Å². The SMILES string of the molecule is CC(C)C[C@H](NC(=O)[C@H](C)NC(=O)[C@@H]1CCCN1)C(=O)N[C@@H](CC(C)C)C(=O)N[C@H](C(=O)N[C@H](C(=O)N[C@H](C(=O)N[C@@H](CCC(=O)O)C(=O)O)[C@@H](C)O)C(C)C)C(C)C. The van der Waals surface area contributed by atoms with E-state index in [2.05, 4.69) is 42.5 Å². The second-order valence-corrected chi connectivity index (χ2v) is 16.8. The van der Waals surface area contributed by atoms with Crippen molar-refractivity contribution in [1.82, 2.24) is 42.5 Å². The highest BCUT2D eigenvalue weighted by molar-refractivity contribution is 5.97. The number of amides is 7. The van der Waals surface area contributed by atoms with E-state index in [4.69, 9.17) is 5.11 Å². The van der Waals surface area contributed by atoms with Crippen molar-refractivity contribution in [2.45, 2.75) is 162 Å². The van der Waals surface area contributed by atoms with Crippen LogP contribution in [0.25, 0.3) is 0 Å². The summed E-state index contributed by atoms with van der Waals surface area (Å²) in [5.41, 5.74) is 0. The van der Waals surface area contributed by atoms with Crippen molar-refractivity contribution >= 4 is 53.3 Å². The quantitative estimate of drug-likeness (QED) is 0.0520. The van der Waals surface area contributed by atoms with Crippen LogP contribution < -0.4 is 42.5 Å². The Kier molecular flexibility index (Phi) is 22.0. The lowest BCUT2D eigenvalue weighted by Gasteiger charge is -2.30. The molecule has 9 atom stereocenters. The molecule has 1 aliphatic heterocycles. The average Bonchev–Trinajstić information content (AvgIpc) is 3.67. The lowest BCUT2D eigenvalue weighted by molar-refractivity contribution is -0.144. The van der Waals surface area contributed by atoms with Crippen molar-refractivity contribution in [2.24, 2.45) is 23.7 Å². The molecule has 0 saturated carbocycles. The summed E-state index contributed by atoms with van der Waals surface area (Å²) >= 11 is 0. The van der Waals surface area contributed by atoms with Crippen LogP contribution in [0.4, 0.5) is 0 Å². The fourth-order valence-corrected chi connectivity index (χ4v) is 6.26. The van der Waals surface area contributed by atoms with E-state index >= 15 is 0 Å². The number of nitrogens with one attached hydrogen (secondary N) is 8. The van der Waals surface area contributed by atoms with Crippen LogP contribution in [-0.2, 0) is 43.2 Å². The van der Waals surface area contributed by atoms with Gasteiger partial charge in [-0.1, -0.05) is 55.4 Å². The molecule has 1 saturated heterocycles. The van der Waals surface area contributed by atoms with E-state index in [1.165, 1.54) is 13.8 Å². The predicted octanol–water partition coefficient (Wildman–Crippen LogP) is -1.11. The number of aliphatic hydroxyl groups excluding tert-OH is 1. The number of hydrogen-bond acceptors (Lipinski definition) is 11. The first-order chi connectivity index (χ1) is 27.3. The van der Waals surface area contributed by atoms with Crippen LogP contribution in [0.1, 0.15) is 108 Å². The molecule has 20 nitrogen and oxygen atoms in total. The first-order valence-corrected chi connectivity index (χ1v) is 20.3. The molecule has 1 fully saturated rings. The first kappa shape index (κ1) is 52.2. The van der Waals surface area contributed by atoms with Crippen molar-refractivity contribution in [3.8, 4) is 0 Å². The van der Waals surface area contributed by atoms with Gasteiger partial charge in [-0.2, -0.15) is 0 Å². The van der Waals surface area contributed by atoms with E-state index in [9.17, 15) is 53.4 Å². The van der Waals surface area contributed by atoms with Crippen molar-refractivity contribution in [3.05, 3.63) is 0 Å². The van der Waals surface area contributed by atoms with Gasteiger partial charge in [0, 0.05) is 6.42 Å². The Bertz CT molecular complexity index is 1480. The monoisotopic (exact) mass is 840 g/mol. The Morgan fingerprint density at radius 2 is 0.983 bits per heavy atom. The third-order valence-corrected chi connectivity index (χ3v) is 9.63. The summed E-state index contributed by atoms with van der Waals surface area (Å²) in [6.07, 6.45) is -0.705. The third-order valence-electron chi connectivity index (χ3n) is 9.63. The Morgan fingerprint density at radius 1 is 0.559 bits per heavy atom. The van der Waals surface area contributed by atoms with Crippen molar-refractivity contribution < 1.29 is 58.5 Å². The zero-order valence-corrected chi connectivity index (χ0v) is 36.0. The summed E-state index contributed by atoms with van der Waals surface area (Å²) in [6, 6.07) is -9.41. The predicted molar refractivity (Wildman–Crippen MR) is 215 cm³/mol. The van der Waals surface area contributed by atoms with Gasteiger partial charge in [0.2, 0.25) is 41.4 Å². The summed E-state index contributed by atoms with van der Waals surface area (Å²) in [4.78, 5) is 116. The summed E-state index contributed by atoms with van der Waals surface area (Å²) in [6.45, 7) is 17.3. The molecule has 11 N–H and O–H groups in total. The molecule has 0 aromatic carbocycles. The van der Waals surface area contributed by atoms with Gasteiger partial charge in [0.05, 0.1) is 12.1 Å². The van der Waals surface area contributed by atoms with E-state index in [0.29, 0.717) is 13.0 Å². The Labute approximate surface area is 346 Å². The van der Waals surface area contributed by atoms with Gasteiger partial charge in [0.1, 0.15) is 42.3 Å². The number of carboxylic acid groups (broad SMARTS) is 2. The van der Waals surface area contributed by atoms with Crippen LogP contribution in [-0.4, -0.2) is 130 Å². The highest BCUT2D eigenvalue weighted by Gasteiger charge is 2.37. The van der Waals surface area contributed by atoms with Crippen LogP contribution in [0.2, 0.25) is 0 Å². The van der Waals surface area contributed by atoms with E-state index in [-0.39, 0.29) is 30.6 Å². The van der Waals surface area contributed by atoms with Crippen LogP contribution in [0, 0.1) is 23.7 Å². The Morgan fingerprint density at radius 3 is 1.39 bits per heavy atom. The second kappa shape index (κ2) is 24.9. The first-order valence-electron chi connectivity index (χ1n) is 20.3. The van der Waals surface area contributed by atoms with Crippen molar-refractivity contribution in [2.75, 3.05) is 6.54 Å². The summed E-state index contributed by atoms with van der Waals surface area (Å²) < 4.78 is 0. The minimum Gasteiger partial charge on any atom is -0.481 e. The van der Waals surface area contributed by atoms with Gasteiger partial charge in [0.15, 0.2) is 0 Å². The zero-order chi connectivity index (χ0) is 45.3. The number of carbonyl (C=O) groups excluding carboxylic acids is 7. The summed E-state index contributed by atoms with van der Waals surface area (Å²) in [5, 5.41) is 49.6. The molecule has 1 rings (SSSR count). The number of hydrogen-bond donors (Lipinski definition) is 11. The average molecular weight is 841 g/mol. The maximum absolute atomic E-state index is 13.9. The Hall–Kier alpha value is -4.85. The Balaban J connectivity index is 3.17. The molecule has 0 aromatic heterocycles. The minimum atomic E-state index is -1.69. The smallest absolute Gasteiger partial charge is 0.326 e. The fourth-order valence-electron chi connectivity index (χ4n) is 6.26. The number of carbonyl (C=O) groups is 9. The van der Waals surface area contributed by atoms with Crippen LogP contribution in [0.3, 0.4) is 0 Å². The van der Waals surface area contributed by atoms with Crippen LogP contribution >= 0.6 is 0 Å². The van der Waals surface area contributed by atoms with Crippen molar-refractivity contribution in [3.63, 3.8) is 0 Å². The molecule has 1 heterocycles. The van der Waals surface area contributed by atoms with E-state index < -0.39 is 126 Å². The van der Waals surface area contributed by atoms with E-state index in [1.54, 1.807) is 27.7 Å². The van der Waals surface area contributed by atoms with Crippen molar-refractivity contribution in [1.29, 1.82) is 0 Å². The molecule has 0 bridgehead atoms. The maximum atomic E-state index is 13.9. The van der Waals surface area contributed by atoms with Gasteiger partial charge in [-0.3, -0.25) is 38.4 Å². The molecular formula is C39H68N8O12.